The summed E-state index contributed by atoms with van der Waals surface area (Å²) >= 11 is 10.0. The number of anilines is 1. The third-order valence-corrected chi connectivity index (χ3v) is 10.3. The van der Waals surface area contributed by atoms with Gasteiger partial charge in [-0.3, -0.25) is 19.3 Å². The zero-order valence-electron chi connectivity index (χ0n) is 22.6. The average molecular weight is 649 g/mol. The minimum atomic E-state index is -0.730. The molecule has 0 radical (unpaired) electrons. The van der Waals surface area contributed by atoms with Crippen LogP contribution in [-0.4, -0.2) is 60.5 Å². The molecule has 0 aliphatic carbocycles. The summed E-state index contributed by atoms with van der Waals surface area (Å²) in [5.74, 6) is -0.0884. The third-order valence-electron chi connectivity index (χ3n) is 6.92. The van der Waals surface area contributed by atoms with Crippen molar-refractivity contribution in [1.29, 1.82) is 0 Å². The number of hydrogen-bond donors (Lipinski definition) is 2. The van der Waals surface area contributed by atoms with Crippen LogP contribution < -0.4 is 10.6 Å². The largest absolute Gasteiger partial charge is 0.469 e. The van der Waals surface area contributed by atoms with E-state index in [2.05, 4.69) is 25.8 Å². The second-order valence-electron chi connectivity index (χ2n) is 9.60. The first-order chi connectivity index (χ1) is 20.9. The topological polar surface area (TPSA) is 126 Å². The molecule has 1 saturated heterocycles. The van der Waals surface area contributed by atoms with Crippen molar-refractivity contribution < 1.29 is 19.1 Å². The van der Waals surface area contributed by atoms with E-state index >= 15 is 0 Å². The number of thiazole rings is 1. The van der Waals surface area contributed by atoms with Crippen LogP contribution in [0.15, 0.2) is 71.9 Å². The van der Waals surface area contributed by atoms with Crippen LogP contribution in [0.2, 0.25) is 0 Å². The average Bonchev–Trinajstić information content (AvgIpc) is 3.68. The Morgan fingerprint density at radius 2 is 1.86 bits per heavy atom. The fourth-order valence-corrected chi connectivity index (χ4v) is 8.17. The maximum Gasteiger partial charge on any atom is 0.253 e. The van der Waals surface area contributed by atoms with Crippen molar-refractivity contribution in [2.75, 3.05) is 11.1 Å². The second kappa shape index (κ2) is 12.7. The number of aryl methyl sites for hydroxylation is 1. The number of hydrogen-bond acceptors (Lipinski definition) is 11. The number of thioether (sulfide) groups is 1. The number of nitrogens with zero attached hydrogens (tertiary/aromatic N) is 4. The van der Waals surface area contributed by atoms with Crippen LogP contribution in [-0.2, 0) is 25.5 Å². The van der Waals surface area contributed by atoms with Crippen LogP contribution in [0.4, 0.5) is 5.13 Å². The first kappa shape index (κ1) is 29.1. The molecule has 2 N–H and O–H groups in total. The number of fused-ring (bicyclic) bond motifs is 1. The number of aromatic nitrogens is 3. The number of rotatable bonds is 10. The molecule has 6 rings (SSSR count). The second-order valence-corrected chi connectivity index (χ2v) is 13.0. The molecule has 1 fully saturated rings. The molecule has 0 spiro atoms. The predicted octanol–water partition coefficient (Wildman–Crippen LogP) is 4.36. The summed E-state index contributed by atoms with van der Waals surface area (Å²) in [4.78, 5) is 44.0. The van der Waals surface area contributed by atoms with Crippen LogP contribution in [0, 0.1) is 6.92 Å². The third kappa shape index (κ3) is 5.95. The molecule has 4 aromatic rings. The molecule has 4 heterocycles. The molecule has 218 valence electrons. The summed E-state index contributed by atoms with van der Waals surface area (Å²) in [5, 5.41) is 14.5. The number of thiocarbonyl (C=S) groups is 1. The van der Waals surface area contributed by atoms with Crippen molar-refractivity contribution in [3.63, 3.8) is 0 Å². The molecule has 43 heavy (non-hydrogen) atoms. The number of amides is 3. The molecule has 0 unspecified atom stereocenters. The van der Waals surface area contributed by atoms with E-state index in [0.29, 0.717) is 38.6 Å². The van der Waals surface area contributed by atoms with E-state index in [0.717, 1.165) is 16.7 Å². The predicted molar refractivity (Wildman–Crippen MR) is 171 cm³/mol. The smallest absolute Gasteiger partial charge is 0.253 e. The van der Waals surface area contributed by atoms with E-state index in [4.69, 9.17) is 17.0 Å². The maximum absolute atomic E-state index is 13.7. The van der Waals surface area contributed by atoms with Gasteiger partial charge in [0.25, 0.3) is 5.91 Å². The Morgan fingerprint density at radius 1 is 1.16 bits per heavy atom. The molecule has 2 aromatic carbocycles. The maximum atomic E-state index is 13.7. The van der Waals surface area contributed by atoms with Gasteiger partial charge in [0.15, 0.2) is 5.13 Å². The SMILES string of the molecule is Cc1nc(NC=O)sc1CC(=O)N[C@@H]1C(=O)N2C(C(=S)OC(c3ccccc3)c3ccccc3)=C(c3nncs3)CS[C@H]12. The molecule has 0 bridgehead atoms. The monoisotopic (exact) mass is 648 g/mol. The molecule has 3 amide bonds. The van der Waals surface area contributed by atoms with Gasteiger partial charge in [0, 0.05) is 16.2 Å². The first-order valence-electron chi connectivity index (χ1n) is 13.2. The number of β-lactam (4-membered cyclic amide) rings is 1. The lowest BCUT2D eigenvalue weighted by atomic mass is 10.0. The molecule has 14 heteroatoms. The Kier molecular flexibility index (Phi) is 8.61. The molecule has 2 aliphatic heterocycles. The molecule has 2 aliphatic rings. The summed E-state index contributed by atoms with van der Waals surface area (Å²) in [6.45, 7) is 1.77. The zero-order chi connectivity index (χ0) is 29.9. The van der Waals surface area contributed by atoms with Crippen LogP contribution in [0.5, 0.6) is 0 Å². The van der Waals surface area contributed by atoms with E-state index in [1.165, 1.54) is 34.4 Å². The van der Waals surface area contributed by atoms with E-state index in [1.54, 1.807) is 17.3 Å². The van der Waals surface area contributed by atoms with Crippen molar-refractivity contribution in [2.45, 2.75) is 30.9 Å². The summed E-state index contributed by atoms with van der Waals surface area (Å²) < 4.78 is 6.53. The van der Waals surface area contributed by atoms with Gasteiger partial charge in [-0.05, 0) is 30.3 Å². The Labute approximate surface area is 264 Å². The number of carbonyl (C=O) groups excluding carboxylic acids is 3. The van der Waals surface area contributed by atoms with Gasteiger partial charge in [-0.2, -0.15) is 0 Å². The lowest BCUT2D eigenvalue weighted by Crippen LogP contribution is -2.70. The lowest BCUT2D eigenvalue weighted by Gasteiger charge is -2.50. The van der Waals surface area contributed by atoms with E-state index in [1.807, 2.05) is 60.7 Å². The van der Waals surface area contributed by atoms with Crippen LogP contribution >= 0.6 is 46.7 Å². The normalized spacial score (nSPS) is 17.7. The Hall–Kier alpha value is -3.98. The van der Waals surface area contributed by atoms with Crippen molar-refractivity contribution in [3.05, 3.63) is 98.6 Å². The van der Waals surface area contributed by atoms with E-state index in [9.17, 15) is 14.4 Å². The van der Waals surface area contributed by atoms with Gasteiger partial charge in [0.1, 0.15) is 33.7 Å². The minimum Gasteiger partial charge on any atom is -0.469 e. The summed E-state index contributed by atoms with van der Waals surface area (Å²) in [6, 6.07) is 18.8. The highest BCUT2D eigenvalue weighted by Gasteiger charge is 2.54. The minimum absolute atomic E-state index is 0.0429. The lowest BCUT2D eigenvalue weighted by molar-refractivity contribution is -0.145. The summed E-state index contributed by atoms with van der Waals surface area (Å²) in [6.07, 6.45) is 0.0851. The highest BCUT2D eigenvalue weighted by molar-refractivity contribution is 8.00. The van der Waals surface area contributed by atoms with Crippen molar-refractivity contribution in [3.8, 4) is 0 Å². The van der Waals surface area contributed by atoms with Gasteiger partial charge in [0.2, 0.25) is 17.4 Å². The Morgan fingerprint density at radius 3 is 2.49 bits per heavy atom. The van der Waals surface area contributed by atoms with Gasteiger partial charge >= 0.3 is 0 Å². The number of benzene rings is 2. The van der Waals surface area contributed by atoms with E-state index in [-0.39, 0.29) is 28.7 Å². The molecular formula is C29H24N6O4S4. The fraction of sp³-hybridized carbons (Fsp3) is 0.207. The van der Waals surface area contributed by atoms with Gasteiger partial charge < -0.3 is 15.4 Å². The van der Waals surface area contributed by atoms with Gasteiger partial charge in [-0.1, -0.05) is 60.7 Å². The van der Waals surface area contributed by atoms with Crippen molar-refractivity contribution in [1.82, 2.24) is 25.4 Å². The highest BCUT2D eigenvalue weighted by atomic mass is 32.2. The van der Waals surface area contributed by atoms with Crippen molar-refractivity contribution >= 4 is 80.6 Å². The fourth-order valence-electron chi connectivity index (χ4n) is 4.90. The Balaban J connectivity index is 1.25. The van der Waals surface area contributed by atoms with Crippen LogP contribution in [0.3, 0.4) is 0 Å². The van der Waals surface area contributed by atoms with Crippen molar-refractivity contribution in [2.24, 2.45) is 0 Å². The van der Waals surface area contributed by atoms with Gasteiger partial charge in [0.05, 0.1) is 12.1 Å². The van der Waals surface area contributed by atoms with E-state index < -0.39 is 12.1 Å². The zero-order valence-corrected chi connectivity index (χ0v) is 25.9. The molecule has 2 atom stereocenters. The summed E-state index contributed by atoms with van der Waals surface area (Å²) in [5.41, 5.74) is 5.36. The summed E-state index contributed by atoms with van der Waals surface area (Å²) in [7, 11) is 0. The number of carbonyl (C=O) groups is 3. The number of ether oxygens (including phenoxy) is 1. The number of nitrogens with one attached hydrogen (secondary N) is 2. The Bertz CT molecular complexity index is 1650. The molecular weight excluding hydrogens is 625 g/mol. The standard InChI is InChI=1S/C29H24N6O4S4/c1-16-20(43-29(32-16)30-14-36)12-21(37)33-22-26(38)35-23(19(13-41-27(22)35)25-34-31-15-42-25)28(40)39-24(17-8-4-2-5-9-17)18-10-6-3-7-11-18/h2-11,14-15,22,24,27H,12-13H2,1H3,(H,33,37)(H,30,32,36)/t22-,27-/m1/s1. The van der Waals surface area contributed by atoms with Crippen LogP contribution in [0.1, 0.15) is 32.8 Å². The van der Waals surface area contributed by atoms with Crippen LogP contribution in [0.25, 0.3) is 5.57 Å². The molecule has 10 nitrogen and oxygen atoms in total. The first-order valence-corrected chi connectivity index (χ1v) is 16.3. The van der Waals surface area contributed by atoms with Gasteiger partial charge in [-0.25, -0.2) is 4.98 Å². The molecule has 2 aromatic heterocycles. The quantitative estimate of drug-likeness (QED) is 0.147. The molecule has 0 saturated carbocycles. The highest BCUT2D eigenvalue weighted by Crippen LogP contribution is 2.45. The van der Waals surface area contributed by atoms with Gasteiger partial charge in [-0.15, -0.1) is 44.6 Å².